The molecule has 0 saturated carbocycles. The molecule has 2 aliphatic rings. The third-order valence-corrected chi connectivity index (χ3v) is 9.10. The summed E-state index contributed by atoms with van der Waals surface area (Å²) in [6.07, 6.45) is -6.11. The number of hydrogen-bond donors (Lipinski definition) is 13. The molecule has 1 saturated heterocycles. The molecule has 3 heterocycles. The van der Waals surface area contributed by atoms with Crippen LogP contribution in [-0.2, 0) is 23.9 Å². The third kappa shape index (κ3) is 12.2. The first kappa shape index (κ1) is 44.3. The maximum Gasteiger partial charge on any atom is 0.330 e. The maximum absolute atomic E-state index is 13.7. The highest BCUT2D eigenvalue weighted by molar-refractivity contribution is 5.93. The Bertz CT molecular complexity index is 1670. The summed E-state index contributed by atoms with van der Waals surface area (Å²) in [7, 11) is 0. The second-order valence-electron chi connectivity index (χ2n) is 14.0. The van der Waals surface area contributed by atoms with E-state index in [1.54, 1.807) is 27.7 Å². The summed E-state index contributed by atoms with van der Waals surface area (Å²) in [5, 5.41) is 66.6. The average Bonchev–Trinajstić information content (AvgIpc) is 3.38. The number of amides is 4. The van der Waals surface area contributed by atoms with Crippen LogP contribution >= 0.6 is 0 Å². The van der Waals surface area contributed by atoms with Gasteiger partial charge in [0, 0.05) is 31.8 Å². The van der Waals surface area contributed by atoms with Gasteiger partial charge in [0.1, 0.15) is 36.4 Å². The Labute approximate surface area is 314 Å². The minimum atomic E-state index is -1.61. The van der Waals surface area contributed by atoms with Crippen LogP contribution in [0.3, 0.4) is 0 Å². The number of carboxylic acids is 2. The number of carboxylic acid groups (broad SMARTS) is 2. The molecule has 4 amide bonds. The van der Waals surface area contributed by atoms with Gasteiger partial charge >= 0.3 is 23.7 Å². The highest BCUT2D eigenvalue weighted by Gasteiger charge is 2.45. The molecular weight excluding hydrogens is 732 g/mol. The average molecular weight is 785 g/mol. The molecule has 3 rings (SSSR count). The summed E-state index contributed by atoms with van der Waals surface area (Å²) in [5.74, 6) is -5.36. The number of nitrogens with zero attached hydrogens (tertiary/aromatic N) is 2. The predicted molar refractivity (Wildman–Crippen MR) is 191 cm³/mol. The summed E-state index contributed by atoms with van der Waals surface area (Å²) in [4.78, 5) is 93.3. The summed E-state index contributed by atoms with van der Waals surface area (Å²) < 4.78 is 6.47. The van der Waals surface area contributed by atoms with Crippen LogP contribution in [-0.4, -0.2) is 145 Å². The minimum absolute atomic E-state index is 0.00602. The zero-order valence-electron chi connectivity index (χ0n) is 30.8. The van der Waals surface area contributed by atoms with E-state index in [1.165, 1.54) is 0 Å². The number of nitrogens with one attached hydrogen (secondary N) is 7. The van der Waals surface area contributed by atoms with E-state index in [1.807, 2.05) is 4.98 Å². The Kier molecular flexibility index (Phi) is 16.1. The fourth-order valence-corrected chi connectivity index (χ4v) is 5.96. The number of aliphatic imine (C=N–C) groups is 1. The molecule has 0 aliphatic carbocycles. The first-order valence-electron chi connectivity index (χ1n) is 17.7. The number of aliphatic hydroxyl groups excluding tert-OH is 3. The van der Waals surface area contributed by atoms with Crippen molar-refractivity contribution in [2.24, 2.45) is 22.6 Å². The van der Waals surface area contributed by atoms with Gasteiger partial charge < -0.3 is 67.9 Å². The third-order valence-electron chi connectivity index (χ3n) is 9.10. The van der Waals surface area contributed by atoms with Crippen LogP contribution in [0.4, 0.5) is 4.79 Å². The van der Waals surface area contributed by atoms with E-state index >= 15 is 0 Å². The van der Waals surface area contributed by atoms with Crippen LogP contribution < -0.4 is 48.9 Å². The number of ether oxygens (including phenoxy) is 1. The number of aromatic nitrogens is 2. The number of carbonyl (C=O) groups excluding carboxylic acids is 3. The Morgan fingerprint density at radius 2 is 1.65 bits per heavy atom. The molecule has 10 atom stereocenters. The Hall–Kier alpha value is -5.10. The van der Waals surface area contributed by atoms with Crippen LogP contribution in [0.25, 0.3) is 0 Å². The normalized spacial score (nSPS) is 23.7. The summed E-state index contributed by atoms with van der Waals surface area (Å²) >= 11 is 0. The lowest BCUT2D eigenvalue weighted by molar-refractivity contribution is -0.141. The van der Waals surface area contributed by atoms with Crippen molar-refractivity contribution in [2.75, 3.05) is 19.6 Å². The van der Waals surface area contributed by atoms with E-state index in [0.29, 0.717) is 6.54 Å². The molecule has 0 radical (unpaired) electrons. The topological polar surface area (TPSA) is 361 Å². The molecule has 308 valence electrons. The number of nitrogens with two attached hydrogens (primary N) is 1. The van der Waals surface area contributed by atoms with Gasteiger partial charge in [-0.15, -0.1) is 0 Å². The fourth-order valence-electron chi connectivity index (χ4n) is 5.96. The van der Waals surface area contributed by atoms with Gasteiger partial charge in [-0.2, -0.15) is 0 Å². The van der Waals surface area contributed by atoms with Gasteiger partial charge in [-0.1, -0.05) is 27.7 Å². The van der Waals surface area contributed by atoms with Crippen LogP contribution in [0.1, 0.15) is 53.2 Å². The Balaban J connectivity index is 1.62. The number of aliphatic hydroxyl groups is 3. The van der Waals surface area contributed by atoms with Gasteiger partial charge in [0.05, 0.1) is 18.2 Å². The molecular formula is C32H52N10O13. The number of carbonyl (C=O) groups is 5. The van der Waals surface area contributed by atoms with Crippen LogP contribution in [0.5, 0.6) is 0 Å². The van der Waals surface area contributed by atoms with Gasteiger partial charge in [-0.3, -0.25) is 28.7 Å². The molecule has 0 bridgehead atoms. The summed E-state index contributed by atoms with van der Waals surface area (Å²) in [6.45, 7) is 6.63. The summed E-state index contributed by atoms with van der Waals surface area (Å²) in [6, 6.07) is -6.44. The maximum atomic E-state index is 13.7. The molecule has 1 aromatic rings. The monoisotopic (exact) mass is 784 g/mol. The van der Waals surface area contributed by atoms with Crippen molar-refractivity contribution in [3.8, 4) is 0 Å². The smallest absolute Gasteiger partial charge is 0.330 e. The molecule has 1 fully saturated rings. The van der Waals surface area contributed by atoms with Crippen molar-refractivity contribution in [2.45, 2.75) is 108 Å². The number of guanidine groups is 1. The molecule has 14 N–H and O–H groups in total. The first-order valence-corrected chi connectivity index (χ1v) is 17.7. The second kappa shape index (κ2) is 20.0. The Morgan fingerprint density at radius 3 is 2.24 bits per heavy atom. The number of aliphatic carboxylic acids is 2. The van der Waals surface area contributed by atoms with E-state index in [4.69, 9.17) is 10.5 Å². The molecule has 0 unspecified atom stereocenters. The minimum Gasteiger partial charge on any atom is -0.480 e. The van der Waals surface area contributed by atoms with Crippen LogP contribution in [0, 0.1) is 11.8 Å². The van der Waals surface area contributed by atoms with E-state index in [2.05, 4.69) is 36.9 Å². The van der Waals surface area contributed by atoms with Crippen molar-refractivity contribution in [1.29, 1.82) is 0 Å². The van der Waals surface area contributed by atoms with Gasteiger partial charge in [-0.05, 0) is 31.2 Å². The highest BCUT2D eigenvalue weighted by Crippen LogP contribution is 2.30. The van der Waals surface area contributed by atoms with Gasteiger partial charge in [0.2, 0.25) is 11.8 Å². The Morgan fingerprint density at radius 1 is 0.964 bits per heavy atom. The number of H-pyrrole nitrogens is 1. The van der Waals surface area contributed by atoms with E-state index < -0.39 is 114 Å². The van der Waals surface area contributed by atoms with Crippen molar-refractivity contribution in [3.63, 3.8) is 0 Å². The molecule has 0 spiro atoms. The number of rotatable bonds is 19. The van der Waals surface area contributed by atoms with Crippen LogP contribution in [0.2, 0.25) is 0 Å². The number of urea groups is 1. The van der Waals surface area contributed by atoms with Crippen molar-refractivity contribution in [1.82, 2.24) is 41.5 Å². The molecule has 55 heavy (non-hydrogen) atoms. The zero-order chi connectivity index (χ0) is 41.1. The lowest BCUT2D eigenvalue weighted by Crippen LogP contribution is -2.63. The van der Waals surface area contributed by atoms with Gasteiger partial charge in [0.15, 0.2) is 12.2 Å². The zero-order valence-corrected chi connectivity index (χ0v) is 30.8. The highest BCUT2D eigenvalue weighted by atomic mass is 16.6. The molecule has 23 heteroatoms. The largest absolute Gasteiger partial charge is 0.480 e. The number of hydrogen-bond acceptors (Lipinski definition) is 15. The van der Waals surface area contributed by atoms with Crippen molar-refractivity contribution in [3.05, 3.63) is 33.1 Å². The fraction of sp³-hybridized carbons (Fsp3) is 0.688. The predicted octanol–water partition coefficient (Wildman–Crippen LogP) is -4.95. The molecule has 1 aromatic heterocycles. The lowest BCUT2D eigenvalue weighted by atomic mass is 9.97. The first-order chi connectivity index (χ1) is 25.8. The van der Waals surface area contributed by atoms with Gasteiger partial charge in [-0.25, -0.2) is 19.4 Å². The number of aromatic amines is 1. The standard InChI is InChI=1S/C32H52N10O13/c1-13(2)19(29(51)52)40-31(53)41-20(15-6-10-36-30(33)37-15)26(48)39-21(22(44)14(3)4)25(47)35-9-5-8-34-16(28(49)50)12-17-23(45)24(46)27(55-17)42-11-7-18(43)38-32(42)54/h7,11,13-17,19-24,27,34,44-46H,5-6,8-10,12H2,1-4H3,(H,35,47)(H,39,48)(H,49,50)(H,51,52)(H3,33,36,37)(H,38,43,54)(H2,40,41,53)/t15-,16-,17+,19-,20-,21-,22-,23+,24+,27+/m0/s1. The van der Waals surface area contributed by atoms with Gasteiger partial charge in [0.25, 0.3) is 5.56 Å². The van der Waals surface area contributed by atoms with Crippen molar-refractivity contribution < 1.29 is 54.2 Å². The second-order valence-corrected chi connectivity index (χ2v) is 14.0. The molecule has 23 nitrogen and oxygen atoms in total. The summed E-state index contributed by atoms with van der Waals surface area (Å²) in [5.41, 5.74) is 4.21. The quantitative estimate of drug-likeness (QED) is 0.0584. The lowest BCUT2D eigenvalue weighted by Gasteiger charge is -2.31. The van der Waals surface area contributed by atoms with E-state index in [-0.39, 0.29) is 38.3 Å². The van der Waals surface area contributed by atoms with E-state index in [9.17, 15) is 59.1 Å². The molecule has 2 aliphatic heterocycles. The SMILES string of the molecule is CC(C)[C@H](NC(=O)N[C@H](C(=O)N[C@H](C(=O)NCCCN[C@@H](C[C@H]1O[C@@H](n2ccc(=O)[nH]c2=O)[C@H](O)[C@@H]1O)C(=O)O)[C@@H](O)C(C)C)[C@@H]1CCNC(N)=N1)C(=O)O. The molecule has 0 aromatic carbocycles. The van der Waals surface area contributed by atoms with Crippen LogP contribution in [0.15, 0.2) is 26.8 Å². The van der Waals surface area contributed by atoms with E-state index in [0.717, 1.165) is 16.8 Å². The van der Waals surface area contributed by atoms with Crippen molar-refractivity contribution >= 4 is 35.7 Å².